The van der Waals surface area contributed by atoms with E-state index in [1.807, 2.05) is 0 Å². The van der Waals surface area contributed by atoms with Crippen LogP contribution >= 0.6 is 0 Å². The van der Waals surface area contributed by atoms with Crippen molar-refractivity contribution in [3.8, 4) is 0 Å². The van der Waals surface area contributed by atoms with Gasteiger partial charge in [-0.2, -0.15) is 0 Å². The third-order valence-electron chi connectivity index (χ3n) is 9.07. The first-order valence-corrected chi connectivity index (χ1v) is 10.2. The van der Waals surface area contributed by atoms with Gasteiger partial charge in [-0.05, 0) is 86.4 Å². The van der Waals surface area contributed by atoms with E-state index in [1.54, 1.807) is 6.92 Å². The molecule has 3 heteroatoms. The van der Waals surface area contributed by atoms with E-state index in [2.05, 4.69) is 13.8 Å². The first-order chi connectivity index (χ1) is 11.8. The summed E-state index contributed by atoms with van der Waals surface area (Å²) in [4.78, 5) is 24.5. The maximum atomic E-state index is 12.3. The number of hydrogen-bond acceptors (Lipinski definition) is 3. The molecule has 3 nitrogen and oxygen atoms in total. The summed E-state index contributed by atoms with van der Waals surface area (Å²) in [6.45, 7) is 6.54. The number of carbonyl (C=O) groups is 2. The Bertz CT molecular complexity index is 635. The van der Waals surface area contributed by atoms with Crippen LogP contribution in [0.1, 0.15) is 72.1 Å². The van der Waals surface area contributed by atoms with E-state index >= 15 is 0 Å². The Balaban J connectivity index is 1.65. The van der Waals surface area contributed by atoms with Crippen LogP contribution in [0, 0.1) is 40.4 Å². The molecule has 4 aliphatic rings. The number of aliphatic hydroxyl groups is 1. The number of hydrogen-bond donors (Lipinski definition) is 1. The highest BCUT2D eigenvalue weighted by molar-refractivity contribution is 5.96. The van der Waals surface area contributed by atoms with Crippen molar-refractivity contribution in [1.82, 2.24) is 0 Å². The molecule has 1 unspecified atom stereocenters. The van der Waals surface area contributed by atoms with Gasteiger partial charge in [-0.15, -0.1) is 0 Å². The standard InChI is InChI=1S/C22H32O3/c1-13(24)17-6-7-18-16-5-4-15-10-20(25)14(12-23)11-22(15,3)19(16)8-9-21(17,18)2/h12,15-19,23H,4-11H2,1-3H3/t15?,16-,17+,18-,19-,21+,22-/m0/s1. The molecule has 25 heavy (non-hydrogen) atoms. The van der Waals surface area contributed by atoms with Gasteiger partial charge in [-0.25, -0.2) is 0 Å². The molecule has 0 aromatic heterocycles. The highest BCUT2D eigenvalue weighted by atomic mass is 16.2. The maximum Gasteiger partial charge on any atom is 0.162 e. The number of fused-ring (bicyclic) bond motifs is 5. The summed E-state index contributed by atoms with van der Waals surface area (Å²) in [6, 6.07) is 0. The van der Waals surface area contributed by atoms with E-state index in [9.17, 15) is 14.7 Å². The van der Waals surface area contributed by atoms with E-state index in [0.717, 1.165) is 31.9 Å². The molecule has 0 bridgehead atoms. The fourth-order valence-corrected chi connectivity index (χ4v) is 7.79. The van der Waals surface area contributed by atoms with E-state index in [1.165, 1.54) is 19.3 Å². The lowest BCUT2D eigenvalue weighted by molar-refractivity contribution is -0.138. The van der Waals surface area contributed by atoms with Crippen LogP contribution in [-0.2, 0) is 9.59 Å². The Morgan fingerprint density at radius 2 is 1.80 bits per heavy atom. The SMILES string of the molecule is CC(=O)[C@H]1CC[C@H]2[C@@H]3CCC4CC(=O)C(=CO)C[C@]4(C)[C@H]3CC[C@]12C. The molecule has 0 heterocycles. The average molecular weight is 344 g/mol. The minimum absolute atomic E-state index is 0.140. The predicted molar refractivity (Wildman–Crippen MR) is 97.0 cm³/mol. The van der Waals surface area contributed by atoms with Gasteiger partial charge < -0.3 is 5.11 Å². The van der Waals surface area contributed by atoms with Crippen molar-refractivity contribution in [3.05, 3.63) is 11.8 Å². The largest absolute Gasteiger partial charge is 0.515 e. The zero-order valence-corrected chi connectivity index (χ0v) is 15.9. The van der Waals surface area contributed by atoms with Crippen LogP contribution in [0.15, 0.2) is 11.8 Å². The van der Waals surface area contributed by atoms with Crippen molar-refractivity contribution in [2.45, 2.75) is 72.1 Å². The zero-order chi connectivity index (χ0) is 18.0. The van der Waals surface area contributed by atoms with E-state index in [4.69, 9.17) is 0 Å². The van der Waals surface area contributed by atoms with Crippen molar-refractivity contribution in [2.24, 2.45) is 40.4 Å². The summed E-state index contributed by atoms with van der Waals surface area (Å²) in [5.74, 6) is 3.26. The molecule has 4 aliphatic carbocycles. The van der Waals surface area contributed by atoms with Gasteiger partial charge in [0.2, 0.25) is 0 Å². The fraction of sp³-hybridized carbons (Fsp3) is 0.818. The zero-order valence-electron chi connectivity index (χ0n) is 15.9. The van der Waals surface area contributed by atoms with Crippen LogP contribution in [0.5, 0.6) is 0 Å². The second kappa shape index (κ2) is 5.69. The lowest BCUT2D eigenvalue weighted by Crippen LogP contribution is -2.54. The number of allylic oxidation sites excluding steroid dienone is 1. The van der Waals surface area contributed by atoms with Crippen LogP contribution < -0.4 is 0 Å². The number of carbonyl (C=O) groups excluding carboxylic acids is 2. The van der Waals surface area contributed by atoms with E-state index in [0.29, 0.717) is 41.4 Å². The molecule has 0 amide bonds. The second-order valence-corrected chi connectivity index (χ2v) is 9.90. The number of rotatable bonds is 1. The van der Waals surface area contributed by atoms with E-state index in [-0.39, 0.29) is 22.5 Å². The number of aliphatic hydroxyl groups excluding tert-OH is 1. The Kier molecular flexibility index (Phi) is 3.94. The highest BCUT2D eigenvalue weighted by Gasteiger charge is 2.61. The minimum Gasteiger partial charge on any atom is -0.515 e. The summed E-state index contributed by atoms with van der Waals surface area (Å²) in [5.41, 5.74) is 0.970. The van der Waals surface area contributed by atoms with Gasteiger partial charge >= 0.3 is 0 Å². The first-order valence-electron chi connectivity index (χ1n) is 10.2. The summed E-state index contributed by atoms with van der Waals surface area (Å²) in [6.07, 6.45) is 9.39. The average Bonchev–Trinajstić information content (AvgIpc) is 2.92. The normalized spacial score (nSPS) is 50.9. The molecule has 138 valence electrons. The summed E-state index contributed by atoms with van der Waals surface area (Å²) >= 11 is 0. The summed E-state index contributed by atoms with van der Waals surface area (Å²) in [7, 11) is 0. The maximum absolute atomic E-state index is 12.3. The van der Waals surface area contributed by atoms with Gasteiger partial charge in [0.05, 0.1) is 6.26 Å². The molecule has 0 spiro atoms. The van der Waals surface area contributed by atoms with Crippen molar-refractivity contribution < 1.29 is 14.7 Å². The molecule has 0 saturated heterocycles. The molecule has 7 atom stereocenters. The van der Waals surface area contributed by atoms with Gasteiger partial charge in [0.15, 0.2) is 5.78 Å². The molecular weight excluding hydrogens is 312 g/mol. The van der Waals surface area contributed by atoms with Crippen molar-refractivity contribution in [3.63, 3.8) is 0 Å². The number of ketones is 2. The van der Waals surface area contributed by atoms with Crippen LogP contribution in [0.2, 0.25) is 0 Å². The summed E-state index contributed by atoms with van der Waals surface area (Å²) in [5, 5.41) is 9.53. The Morgan fingerprint density at radius 1 is 1.08 bits per heavy atom. The molecule has 0 aromatic rings. The molecule has 0 aromatic carbocycles. The molecule has 0 radical (unpaired) electrons. The molecule has 4 fully saturated rings. The van der Waals surface area contributed by atoms with Gasteiger partial charge in [0, 0.05) is 17.9 Å². The molecular formula is C22H32O3. The van der Waals surface area contributed by atoms with Crippen molar-refractivity contribution in [2.75, 3.05) is 0 Å². The monoisotopic (exact) mass is 344 g/mol. The summed E-state index contributed by atoms with van der Waals surface area (Å²) < 4.78 is 0. The lowest BCUT2D eigenvalue weighted by atomic mass is 9.44. The minimum atomic E-state index is 0.140. The van der Waals surface area contributed by atoms with Crippen molar-refractivity contribution in [1.29, 1.82) is 0 Å². The Hall–Kier alpha value is -1.12. The van der Waals surface area contributed by atoms with Gasteiger partial charge in [-0.1, -0.05) is 13.8 Å². The predicted octanol–water partition coefficient (Wildman–Crippen LogP) is 4.86. The van der Waals surface area contributed by atoms with Gasteiger partial charge in [0.25, 0.3) is 0 Å². The van der Waals surface area contributed by atoms with Crippen molar-refractivity contribution >= 4 is 11.6 Å². The number of Topliss-reactive ketones (excluding diaryl/α,β-unsaturated/α-hetero) is 2. The van der Waals surface area contributed by atoms with Gasteiger partial charge in [0.1, 0.15) is 5.78 Å². The first kappa shape index (κ1) is 17.3. The second-order valence-electron chi connectivity index (χ2n) is 9.90. The van der Waals surface area contributed by atoms with E-state index < -0.39 is 0 Å². The van der Waals surface area contributed by atoms with Crippen LogP contribution in [-0.4, -0.2) is 16.7 Å². The highest BCUT2D eigenvalue weighted by Crippen LogP contribution is 2.67. The third kappa shape index (κ3) is 2.30. The topological polar surface area (TPSA) is 54.4 Å². The van der Waals surface area contributed by atoms with Gasteiger partial charge in [-0.3, -0.25) is 9.59 Å². The van der Waals surface area contributed by atoms with Crippen LogP contribution in [0.4, 0.5) is 0 Å². The lowest BCUT2D eigenvalue weighted by Gasteiger charge is -2.60. The quantitative estimate of drug-likeness (QED) is 0.546. The van der Waals surface area contributed by atoms with Crippen LogP contribution in [0.25, 0.3) is 0 Å². The molecule has 4 rings (SSSR count). The Labute approximate surface area is 151 Å². The van der Waals surface area contributed by atoms with Crippen LogP contribution in [0.3, 0.4) is 0 Å². The molecule has 0 aliphatic heterocycles. The Morgan fingerprint density at radius 3 is 2.48 bits per heavy atom. The fourth-order valence-electron chi connectivity index (χ4n) is 7.79. The third-order valence-corrected chi connectivity index (χ3v) is 9.07. The molecule has 1 N–H and O–H groups in total. The molecule has 4 saturated carbocycles. The smallest absolute Gasteiger partial charge is 0.162 e.